The van der Waals surface area contributed by atoms with E-state index in [0.29, 0.717) is 5.71 Å². The van der Waals surface area contributed by atoms with E-state index < -0.39 is 0 Å². The Morgan fingerprint density at radius 2 is 1.90 bits per heavy atom. The molecule has 0 amide bonds. The minimum atomic E-state index is 0.661. The van der Waals surface area contributed by atoms with Gasteiger partial charge in [0.1, 0.15) is 0 Å². The number of allylic oxidation sites excluding steroid dienone is 2. The topological polar surface area (TPSA) is 35.9 Å². The van der Waals surface area contributed by atoms with Crippen LogP contribution in [0.2, 0.25) is 0 Å². The SMILES string of the molecule is CC/C(C(C)=N)=C(\C)NC. The van der Waals surface area contributed by atoms with Crippen LogP contribution < -0.4 is 5.32 Å². The van der Waals surface area contributed by atoms with Gasteiger partial charge in [-0.25, -0.2) is 0 Å². The van der Waals surface area contributed by atoms with Crippen LogP contribution in [0.25, 0.3) is 0 Å². The fraction of sp³-hybridized carbons (Fsp3) is 0.625. The highest BCUT2D eigenvalue weighted by molar-refractivity contribution is 5.96. The predicted octanol–water partition coefficient (Wildman–Crippen LogP) is 1.93. The molecule has 0 aromatic heterocycles. The average Bonchev–Trinajstić information content (AvgIpc) is 1.88. The van der Waals surface area contributed by atoms with Crippen molar-refractivity contribution in [3.8, 4) is 0 Å². The molecule has 0 radical (unpaired) electrons. The van der Waals surface area contributed by atoms with Crippen LogP contribution in [0.3, 0.4) is 0 Å². The standard InChI is InChI=1S/C8H16N2/c1-5-8(6(2)9)7(3)10-4/h9-10H,5H2,1-4H3/b8-7-,9-6?. The zero-order valence-electron chi connectivity index (χ0n) is 7.21. The number of rotatable bonds is 3. The van der Waals surface area contributed by atoms with Crippen molar-refractivity contribution >= 4 is 5.71 Å². The first kappa shape index (κ1) is 9.21. The van der Waals surface area contributed by atoms with E-state index in [2.05, 4.69) is 12.2 Å². The van der Waals surface area contributed by atoms with Crippen molar-refractivity contribution < 1.29 is 0 Å². The third-order valence-electron chi connectivity index (χ3n) is 1.63. The summed E-state index contributed by atoms with van der Waals surface area (Å²) >= 11 is 0. The Bertz CT molecular complexity index is 157. The van der Waals surface area contributed by atoms with Gasteiger partial charge in [-0.05, 0) is 25.8 Å². The lowest BCUT2D eigenvalue weighted by Crippen LogP contribution is -2.09. The van der Waals surface area contributed by atoms with Crippen molar-refractivity contribution in [1.29, 1.82) is 5.41 Å². The van der Waals surface area contributed by atoms with Crippen molar-refractivity contribution in [2.75, 3.05) is 7.05 Å². The Labute approximate surface area is 62.8 Å². The van der Waals surface area contributed by atoms with Crippen LogP contribution in [0, 0.1) is 5.41 Å². The van der Waals surface area contributed by atoms with Crippen LogP contribution in [-0.2, 0) is 0 Å². The molecule has 2 N–H and O–H groups in total. The highest BCUT2D eigenvalue weighted by Gasteiger charge is 1.99. The van der Waals surface area contributed by atoms with Crippen molar-refractivity contribution in [2.45, 2.75) is 27.2 Å². The van der Waals surface area contributed by atoms with Gasteiger partial charge in [-0.1, -0.05) is 6.92 Å². The van der Waals surface area contributed by atoms with Gasteiger partial charge in [0.15, 0.2) is 0 Å². The molecule has 0 heterocycles. The van der Waals surface area contributed by atoms with E-state index in [1.165, 1.54) is 0 Å². The minimum absolute atomic E-state index is 0.661. The molecule has 0 aromatic carbocycles. The molecule has 0 aliphatic rings. The second-order valence-corrected chi connectivity index (χ2v) is 2.33. The highest BCUT2D eigenvalue weighted by Crippen LogP contribution is 2.06. The lowest BCUT2D eigenvalue weighted by atomic mass is 10.1. The Kier molecular flexibility index (Phi) is 3.77. The molecule has 0 saturated carbocycles. The zero-order chi connectivity index (χ0) is 8.15. The summed E-state index contributed by atoms with van der Waals surface area (Å²) in [6, 6.07) is 0. The molecule has 0 unspecified atom stereocenters. The lowest BCUT2D eigenvalue weighted by Gasteiger charge is -2.07. The fourth-order valence-corrected chi connectivity index (χ4v) is 0.962. The smallest absolute Gasteiger partial charge is 0.0331 e. The summed E-state index contributed by atoms with van der Waals surface area (Å²) in [5.41, 5.74) is 2.88. The van der Waals surface area contributed by atoms with Gasteiger partial charge in [0, 0.05) is 18.5 Å². The molecular formula is C8H16N2. The monoisotopic (exact) mass is 140 g/mol. The van der Waals surface area contributed by atoms with Gasteiger partial charge in [0.05, 0.1) is 0 Å². The summed E-state index contributed by atoms with van der Waals surface area (Å²) in [5.74, 6) is 0. The van der Waals surface area contributed by atoms with Crippen LogP contribution in [0.5, 0.6) is 0 Å². The molecule has 0 aromatic rings. The van der Waals surface area contributed by atoms with Gasteiger partial charge >= 0.3 is 0 Å². The summed E-state index contributed by atoms with van der Waals surface area (Å²) in [6.45, 7) is 5.88. The van der Waals surface area contributed by atoms with Crippen LogP contribution in [-0.4, -0.2) is 12.8 Å². The maximum Gasteiger partial charge on any atom is 0.0331 e. The summed E-state index contributed by atoms with van der Waals surface area (Å²) in [4.78, 5) is 0. The van der Waals surface area contributed by atoms with Crippen LogP contribution in [0.1, 0.15) is 27.2 Å². The number of hydrogen-bond donors (Lipinski definition) is 2. The van der Waals surface area contributed by atoms with Crippen molar-refractivity contribution in [3.05, 3.63) is 11.3 Å². The Morgan fingerprint density at radius 1 is 1.40 bits per heavy atom. The van der Waals surface area contributed by atoms with E-state index in [9.17, 15) is 0 Å². The first-order valence-electron chi connectivity index (χ1n) is 3.56. The maximum atomic E-state index is 7.39. The van der Waals surface area contributed by atoms with E-state index in [1.807, 2.05) is 20.9 Å². The quantitative estimate of drug-likeness (QED) is 0.577. The molecule has 0 spiro atoms. The molecule has 0 bridgehead atoms. The second kappa shape index (κ2) is 4.09. The highest BCUT2D eigenvalue weighted by atomic mass is 14.8. The van der Waals surface area contributed by atoms with Gasteiger partial charge in [0.25, 0.3) is 0 Å². The molecule has 0 rings (SSSR count). The summed E-state index contributed by atoms with van der Waals surface area (Å²) in [5, 5.41) is 10.4. The van der Waals surface area contributed by atoms with Crippen molar-refractivity contribution in [2.24, 2.45) is 0 Å². The Balaban J connectivity index is 4.45. The molecule has 0 aliphatic carbocycles. The molecule has 2 heteroatoms. The first-order valence-corrected chi connectivity index (χ1v) is 3.56. The summed E-state index contributed by atoms with van der Waals surface area (Å²) in [7, 11) is 1.88. The Hall–Kier alpha value is -0.790. The maximum absolute atomic E-state index is 7.39. The Morgan fingerprint density at radius 3 is 2.00 bits per heavy atom. The van der Waals surface area contributed by atoms with Gasteiger partial charge in [-0.2, -0.15) is 0 Å². The molecular weight excluding hydrogens is 124 g/mol. The van der Waals surface area contributed by atoms with Crippen LogP contribution in [0.4, 0.5) is 0 Å². The number of nitrogens with one attached hydrogen (secondary N) is 2. The second-order valence-electron chi connectivity index (χ2n) is 2.33. The summed E-state index contributed by atoms with van der Waals surface area (Å²) in [6.07, 6.45) is 0.933. The molecule has 10 heavy (non-hydrogen) atoms. The molecule has 58 valence electrons. The van der Waals surface area contributed by atoms with Crippen molar-refractivity contribution in [1.82, 2.24) is 5.32 Å². The van der Waals surface area contributed by atoms with Gasteiger partial charge in [0.2, 0.25) is 0 Å². The van der Waals surface area contributed by atoms with E-state index in [0.717, 1.165) is 17.7 Å². The van der Waals surface area contributed by atoms with E-state index in [-0.39, 0.29) is 0 Å². The molecule has 2 nitrogen and oxygen atoms in total. The first-order chi connectivity index (χ1) is 4.63. The third kappa shape index (κ3) is 2.21. The lowest BCUT2D eigenvalue weighted by molar-refractivity contribution is 0.946. The minimum Gasteiger partial charge on any atom is -0.391 e. The van der Waals surface area contributed by atoms with E-state index in [4.69, 9.17) is 5.41 Å². The zero-order valence-corrected chi connectivity index (χ0v) is 7.21. The molecule has 0 aliphatic heterocycles. The largest absolute Gasteiger partial charge is 0.391 e. The van der Waals surface area contributed by atoms with Gasteiger partial charge < -0.3 is 10.7 Å². The molecule has 0 atom stereocenters. The fourth-order valence-electron chi connectivity index (χ4n) is 0.962. The average molecular weight is 140 g/mol. The third-order valence-corrected chi connectivity index (χ3v) is 1.63. The van der Waals surface area contributed by atoms with Crippen LogP contribution in [0.15, 0.2) is 11.3 Å². The van der Waals surface area contributed by atoms with Gasteiger partial charge in [-0.15, -0.1) is 0 Å². The molecule has 0 fully saturated rings. The predicted molar refractivity (Wildman–Crippen MR) is 45.5 cm³/mol. The summed E-state index contributed by atoms with van der Waals surface area (Å²) < 4.78 is 0. The van der Waals surface area contributed by atoms with Gasteiger partial charge in [-0.3, -0.25) is 0 Å². The number of hydrogen-bond acceptors (Lipinski definition) is 2. The van der Waals surface area contributed by atoms with E-state index >= 15 is 0 Å². The molecule has 0 saturated heterocycles. The van der Waals surface area contributed by atoms with Crippen molar-refractivity contribution in [3.63, 3.8) is 0 Å². The van der Waals surface area contributed by atoms with E-state index in [1.54, 1.807) is 0 Å². The van der Waals surface area contributed by atoms with Crippen LogP contribution >= 0.6 is 0 Å². The normalized spacial score (nSPS) is 12.4.